The van der Waals surface area contributed by atoms with E-state index in [-0.39, 0.29) is 0 Å². The van der Waals surface area contributed by atoms with Crippen LogP contribution in [0.25, 0.3) is 0 Å². The third-order valence-corrected chi connectivity index (χ3v) is 3.51. The van der Waals surface area contributed by atoms with E-state index >= 15 is 0 Å². The number of aryl methyl sites for hydroxylation is 2. The molecule has 1 aromatic heterocycles. The van der Waals surface area contributed by atoms with Crippen LogP contribution in [-0.2, 0) is 12.8 Å². The first-order valence-corrected chi connectivity index (χ1v) is 5.94. The molecule has 82 valence electrons. The first kappa shape index (κ1) is 9.70. The molecule has 0 spiro atoms. The Balaban J connectivity index is 2.18. The predicted octanol–water partition coefficient (Wildman–Crippen LogP) is 2.49. The van der Waals surface area contributed by atoms with E-state index in [4.69, 9.17) is 10.8 Å². The zero-order chi connectivity index (χ0) is 11.1. The molecule has 3 heteroatoms. The second-order valence-electron chi connectivity index (χ2n) is 4.64. The van der Waals surface area contributed by atoms with Crippen molar-refractivity contribution in [1.82, 2.24) is 4.98 Å². The van der Waals surface area contributed by atoms with E-state index < -0.39 is 0 Å². The Morgan fingerprint density at radius 1 is 0.812 bits per heavy atom. The van der Waals surface area contributed by atoms with Gasteiger partial charge in [0.15, 0.2) is 0 Å². The molecule has 0 aliphatic heterocycles. The van der Waals surface area contributed by atoms with Gasteiger partial charge in [-0.2, -0.15) is 0 Å². The molecule has 0 bridgehead atoms. The van der Waals surface area contributed by atoms with Crippen molar-refractivity contribution >= 4 is 11.4 Å². The molecule has 3 rings (SSSR count). The molecule has 1 aromatic rings. The van der Waals surface area contributed by atoms with Crippen molar-refractivity contribution in [2.75, 3.05) is 0 Å². The number of hydrogen-bond donors (Lipinski definition) is 2. The first-order valence-electron chi connectivity index (χ1n) is 5.94. The Hall–Kier alpha value is -1.51. The molecule has 3 nitrogen and oxygen atoms in total. The average molecular weight is 213 g/mol. The van der Waals surface area contributed by atoms with Gasteiger partial charge in [0.05, 0.1) is 0 Å². The van der Waals surface area contributed by atoms with E-state index in [0.29, 0.717) is 11.4 Å². The fourth-order valence-electron chi connectivity index (χ4n) is 2.63. The summed E-state index contributed by atoms with van der Waals surface area (Å²) in [5.41, 5.74) is 5.58. The molecule has 0 aromatic carbocycles. The van der Waals surface area contributed by atoms with Crippen molar-refractivity contribution in [2.45, 2.75) is 38.5 Å². The second-order valence-corrected chi connectivity index (χ2v) is 4.64. The Kier molecular flexibility index (Phi) is 2.13. The summed E-state index contributed by atoms with van der Waals surface area (Å²) in [6.45, 7) is 0. The van der Waals surface area contributed by atoms with Crippen LogP contribution in [0.3, 0.4) is 0 Å². The highest BCUT2D eigenvalue weighted by molar-refractivity contribution is 6.05. The van der Waals surface area contributed by atoms with Crippen LogP contribution in [0.5, 0.6) is 0 Å². The van der Waals surface area contributed by atoms with Gasteiger partial charge in [0.25, 0.3) is 0 Å². The SMILES string of the molecule is N=C1CCCc2nc3c(cc21)C(=N)CCC3. The molecule has 0 atom stereocenters. The van der Waals surface area contributed by atoms with Crippen molar-refractivity contribution in [1.29, 1.82) is 10.8 Å². The van der Waals surface area contributed by atoms with Gasteiger partial charge in [0, 0.05) is 33.9 Å². The van der Waals surface area contributed by atoms with Crippen molar-refractivity contribution in [2.24, 2.45) is 0 Å². The predicted molar refractivity (Wildman–Crippen MR) is 63.8 cm³/mol. The standard InChI is InChI=1S/C13H15N3/c14-10-3-1-5-12-8(10)7-9-11(15)4-2-6-13(9)16-12/h7,14-15H,1-6H2. The van der Waals surface area contributed by atoms with Gasteiger partial charge in [-0.1, -0.05) is 0 Å². The summed E-state index contributed by atoms with van der Waals surface area (Å²) in [5, 5.41) is 15.9. The van der Waals surface area contributed by atoms with Crippen molar-refractivity contribution < 1.29 is 0 Å². The summed E-state index contributed by atoms with van der Waals surface area (Å²) in [6, 6.07) is 2.04. The molecule has 0 unspecified atom stereocenters. The smallest absolute Gasteiger partial charge is 0.0497 e. The summed E-state index contributed by atoms with van der Waals surface area (Å²) < 4.78 is 0. The molecule has 2 N–H and O–H groups in total. The molecular weight excluding hydrogens is 198 g/mol. The molecular formula is C13H15N3. The summed E-state index contributed by atoms with van der Waals surface area (Å²) in [4.78, 5) is 4.67. The lowest BCUT2D eigenvalue weighted by Crippen LogP contribution is -2.19. The molecule has 0 fully saturated rings. The Morgan fingerprint density at radius 2 is 1.31 bits per heavy atom. The fraction of sp³-hybridized carbons (Fsp3) is 0.462. The van der Waals surface area contributed by atoms with Gasteiger partial charge < -0.3 is 10.8 Å². The lowest BCUT2D eigenvalue weighted by atomic mass is 9.87. The lowest BCUT2D eigenvalue weighted by molar-refractivity contribution is 0.759. The number of rotatable bonds is 0. The highest BCUT2D eigenvalue weighted by atomic mass is 14.7. The van der Waals surface area contributed by atoms with Crippen LogP contribution in [0.1, 0.15) is 48.2 Å². The van der Waals surface area contributed by atoms with Crippen LogP contribution in [0, 0.1) is 10.8 Å². The zero-order valence-corrected chi connectivity index (χ0v) is 9.27. The van der Waals surface area contributed by atoms with Gasteiger partial charge in [0.2, 0.25) is 0 Å². The van der Waals surface area contributed by atoms with Crippen molar-refractivity contribution in [3.63, 3.8) is 0 Å². The third kappa shape index (κ3) is 1.39. The number of hydrogen-bond acceptors (Lipinski definition) is 3. The van der Waals surface area contributed by atoms with Crippen LogP contribution < -0.4 is 0 Å². The number of nitrogens with one attached hydrogen (secondary N) is 2. The maximum absolute atomic E-state index is 7.94. The Bertz CT molecular complexity index is 447. The Labute approximate surface area is 94.9 Å². The van der Waals surface area contributed by atoms with E-state index in [0.717, 1.165) is 61.0 Å². The summed E-state index contributed by atoms with van der Waals surface area (Å²) >= 11 is 0. The van der Waals surface area contributed by atoms with Crippen LogP contribution in [0.4, 0.5) is 0 Å². The number of nitrogens with zero attached hydrogens (tertiary/aromatic N) is 1. The molecule has 0 amide bonds. The molecule has 1 heterocycles. The van der Waals surface area contributed by atoms with Crippen LogP contribution >= 0.6 is 0 Å². The van der Waals surface area contributed by atoms with Gasteiger partial charge in [-0.15, -0.1) is 0 Å². The normalized spacial score (nSPS) is 19.2. The lowest BCUT2D eigenvalue weighted by Gasteiger charge is -2.22. The highest BCUT2D eigenvalue weighted by Crippen LogP contribution is 2.26. The minimum atomic E-state index is 0.704. The van der Waals surface area contributed by atoms with E-state index in [9.17, 15) is 0 Å². The van der Waals surface area contributed by atoms with E-state index in [1.165, 1.54) is 0 Å². The van der Waals surface area contributed by atoms with E-state index in [1.54, 1.807) is 0 Å². The zero-order valence-electron chi connectivity index (χ0n) is 9.27. The summed E-state index contributed by atoms with van der Waals surface area (Å²) in [5.74, 6) is 0. The third-order valence-electron chi connectivity index (χ3n) is 3.51. The molecule has 0 saturated heterocycles. The summed E-state index contributed by atoms with van der Waals surface area (Å²) in [7, 11) is 0. The number of pyridine rings is 1. The van der Waals surface area contributed by atoms with Gasteiger partial charge >= 0.3 is 0 Å². The molecule has 2 aliphatic carbocycles. The summed E-state index contributed by atoms with van der Waals surface area (Å²) in [6.07, 6.45) is 5.82. The van der Waals surface area contributed by atoms with Crippen LogP contribution in [0.15, 0.2) is 6.07 Å². The maximum atomic E-state index is 7.94. The van der Waals surface area contributed by atoms with Crippen molar-refractivity contribution in [3.05, 3.63) is 28.6 Å². The second kappa shape index (κ2) is 3.51. The number of fused-ring (bicyclic) bond motifs is 2. The molecule has 0 radical (unpaired) electrons. The number of aromatic nitrogens is 1. The van der Waals surface area contributed by atoms with Crippen LogP contribution in [0.2, 0.25) is 0 Å². The topological polar surface area (TPSA) is 60.6 Å². The van der Waals surface area contributed by atoms with Crippen LogP contribution in [-0.4, -0.2) is 16.4 Å². The molecule has 0 saturated carbocycles. The minimum absolute atomic E-state index is 0.704. The molecule has 2 aliphatic rings. The van der Waals surface area contributed by atoms with E-state index in [1.807, 2.05) is 6.07 Å². The Morgan fingerprint density at radius 3 is 1.81 bits per heavy atom. The first-order chi connectivity index (χ1) is 7.75. The van der Waals surface area contributed by atoms with Gasteiger partial charge in [-0.05, 0) is 44.6 Å². The van der Waals surface area contributed by atoms with Gasteiger partial charge in [0.1, 0.15) is 0 Å². The fourth-order valence-corrected chi connectivity index (χ4v) is 2.63. The highest BCUT2D eigenvalue weighted by Gasteiger charge is 2.22. The van der Waals surface area contributed by atoms with Gasteiger partial charge in [-0.25, -0.2) is 0 Å². The average Bonchev–Trinajstić information content (AvgIpc) is 2.28. The van der Waals surface area contributed by atoms with E-state index in [2.05, 4.69) is 4.98 Å². The van der Waals surface area contributed by atoms with Crippen molar-refractivity contribution in [3.8, 4) is 0 Å². The molecule has 16 heavy (non-hydrogen) atoms. The largest absolute Gasteiger partial charge is 0.305 e. The quantitative estimate of drug-likeness (QED) is 0.683. The maximum Gasteiger partial charge on any atom is 0.0497 e. The van der Waals surface area contributed by atoms with Gasteiger partial charge in [-0.3, -0.25) is 4.98 Å². The monoisotopic (exact) mass is 213 g/mol. The minimum Gasteiger partial charge on any atom is -0.305 e.